The van der Waals surface area contributed by atoms with E-state index in [1.54, 1.807) is 45.3 Å². The fourth-order valence-electron chi connectivity index (χ4n) is 1.79. The van der Waals surface area contributed by atoms with Crippen LogP contribution < -0.4 is 20.1 Å². The van der Waals surface area contributed by atoms with E-state index in [0.717, 1.165) is 11.4 Å². The molecule has 5 nitrogen and oxygen atoms in total. The number of benzene rings is 2. The number of carbonyl (C=O) groups is 1. The van der Waals surface area contributed by atoms with Crippen LogP contribution in [-0.4, -0.2) is 26.1 Å². The third-order valence-electron chi connectivity index (χ3n) is 3.23. The molecule has 0 aliphatic heterocycles. The Morgan fingerprint density at radius 2 is 1.70 bits per heavy atom. The second-order valence-electron chi connectivity index (χ2n) is 4.81. The zero-order valence-electron chi connectivity index (χ0n) is 13.3. The van der Waals surface area contributed by atoms with Crippen molar-refractivity contribution in [1.29, 1.82) is 0 Å². The van der Waals surface area contributed by atoms with Crippen LogP contribution in [0.25, 0.3) is 0 Å². The van der Waals surface area contributed by atoms with Crippen molar-refractivity contribution in [3.05, 3.63) is 48.5 Å². The van der Waals surface area contributed by atoms with Crippen LogP contribution in [-0.2, 0) is 4.79 Å². The molecule has 0 radical (unpaired) electrons. The number of rotatable bonds is 6. The molecule has 0 saturated heterocycles. The number of likely N-dealkylation sites (N-methyl/N-ethyl adjacent to an activating group) is 1. The summed E-state index contributed by atoms with van der Waals surface area (Å²) in [5.41, 5.74) is 0.727. The molecule has 0 aromatic heterocycles. The van der Waals surface area contributed by atoms with Crippen LogP contribution in [0.2, 0.25) is 0 Å². The van der Waals surface area contributed by atoms with Gasteiger partial charge in [0.2, 0.25) is 5.91 Å². The third-order valence-corrected chi connectivity index (χ3v) is 3.23. The molecule has 0 spiro atoms. The molecule has 6 heteroatoms. The van der Waals surface area contributed by atoms with E-state index in [2.05, 4.69) is 10.6 Å². The highest BCUT2D eigenvalue weighted by molar-refractivity contribution is 5.94. The first-order valence-corrected chi connectivity index (χ1v) is 7.02. The van der Waals surface area contributed by atoms with E-state index in [9.17, 15) is 4.79 Å². The Morgan fingerprint density at radius 3 is 2.30 bits per heavy atom. The summed E-state index contributed by atoms with van der Waals surface area (Å²) in [7, 11) is 3.36. The summed E-state index contributed by atoms with van der Waals surface area (Å²) in [6.07, 6.45) is 0. The molecule has 2 aromatic rings. The van der Waals surface area contributed by atoms with Gasteiger partial charge in [-0.1, -0.05) is 6.07 Å². The smallest absolute Gasteiger partial charge is 0.241 e. The summed E-state index contributed by atoms with van der Waals surface area (Å²) in [6.45, 7) is 1.80. The normalized spacial score (nSPS) is 11.1. The SMILES string of the molecule is CN[C@@H](C)C(=O)Nc1ccc(Oc2cccc(OC)c2)cc1.Cl. The minimum atomic E-state index is -0.243. The first-order valence-electron chi connectivity index (χ1n) is 7.02. The van der Waals surface area contributed by atoms with Gasteiger partial charge in [-0.2, -0.15) is 0 Å². The van der Waals surface area contributed by atoms with Crippen LogP contribution >= 0.6 is 12.4 Å². The maximum atomic E-state index is 11.8. The molecule has 0 heterocycles. The Balaban J connectivity index is 0.00000264. The van der Waals surface area contributed by atoms with Crippen molar-refractivity contribution in [2.24, 2.45) is 0 Å². The van der Waals surface area contributed by atoms with Crippen molar-refractivity contribution in [1.82, 2.24) is 5.32 Å². The highest BCUT2D eigenvalue weighted by Crippen LogP contribution is 2.26. The number of ether oxygens (including phenoxy) is 2. The molecule has 0 fully saturated rings. The number of halogens is 1. The average molecular weight is 337 g/mol. The molecular formula is C17H21ClN2O3. The molecule has 0 aliphatic carbocycles. The fraction of sp³-hybridized carbons (Fsp3) is 0.235. The van der Waals surface area contributed by atoms with Gasteiger partial charge in [0.15, 0.2) is 0 Å². The lowest BCUT2D eigenvalue weighted by Gasteiger charge is -2.12. The van der Waals surface area contributed by atoms with Crippen molar-refractivity contribution < 1.29 is 14.3 Å². The summed E-state index contributed by atoms with van der Waals surface area (Å²) >= 11 is 0. The van der Waals surface area contributed by atoms with E-state index in [0.29, 0.717) is 11.5 Å². The number of hydrogen-bond donors (Lipinski definition) is 2. The zero-order chi connectivity index (χ0) is 15.9. The van der Waals surface area contributed by atoms with Gasteiger partial charge in [0.05, 0.1) is 13.2 Å². The maximum absolute atomic E-state index is 11.8. The van der Waals surface area contributed by atoms with Gasteiger partial charge in [-0.05, 0) is 50.4 Å². The van der Waals surface area contributed by atoms with Crippen LogP contribution in [0.3, 0.4) is 0 Å². The highest BCUT2D eigenvalue weighted by Gasteiger charge is 2.10. The molecule has 0 unspecified atom stereocenters. The topological polar surface area (TPSA) is 59.6 Å². The molecule has 124 valence electrons. The van der Waals surface area contributed by atoms with Crippen LogP contribution in [0.1, 0.15) is 6.92 Å². The first-order chi connectivity index (χ1) is 10.6. The van der Waals surface area contributed by atoms with Crippen LogP contribution in [0.4, 0.5) is 5.69 Å². The molecule has 0 saturated carbocycles. The zero-order valence-corrected chi connectivity index (χ0v) is 14.1. The predicted octanol–water partition coefficient (Wildman–Crippen LogP) is 3.46. The van der Waals surface area contributed by atoms with Crippen molar-refractivity contribution in [2.45, 2.75) is 13.0 Å². The standard InChI is InChI=1S/C17H20N2O3.ClH/c1-12(18-2)17(20)19-13-7-9-14(10-8-13)22-16-6-4-5-15(11-16)21-3;/h4-12,18H,1-3H3,(H,19,20);1H/t12-;/m0./s1. The highest BCUT2D eigenvalue weighted by atomic mass is 35.5. The molecule has 0 bridgehead atoms. The predicted molar refractivity (Wildman–Crippen MR) is 93.9 cm³/mol. The van der Waals surface area contributed by atoms with Crippen molar-refractivity contribution in [3.63, 3.8) is 0 Å². The lowest BCUT2D eigenvalue weighted by atomic mass is 10.2. The van der Waals surface area contributed by atoms with Gasteiger partial charge in [-0.15, -0.1) is 12.4 Å². The molecule has 2 N–H and O–H groups in total. The second kappa shape index (κ2) is 9.02. The van der Waals surface area contributed by atoms with E-state index in [4.69, 9.17) is 9.47 Å². The minimum Gasteiger partial charge on any atom is -0.497 e. The number of anilines is 1. The second-order valence-corrected chi connectivity index (χ2v) is 4.81. The van der Waals surface area contributed by atoms with Crippen molar-refractivity contribution in [2.75, 3.05) is 19.5 Å². The van der Waals surface area contributed by atoms with E-state index >= 15 is 0 Å². The summed E-state index contributed by atoms with van der Waals surface area (Å²) in [6, 6.07) is 14.4. The fourth-order valence-corrected chi connectivity index (χ4v) is 1.79. The van der Waals surface area contributed by atoms with Crippen LogP contribution in [0.5, 0.6) is 17.2 Å². The van der Waals surface area contributed by atoms with Gasteiger partial charge in [0, 0.05) is 11.8 Å². The lowest BCUT2D eigenvalue weighted by Crippen LogP contribution is -2.35. The van der Waals surface area contributed by atoms with Gasteiger partial charge in [-0.25, -0.2) is 0 Å². The number of hydrogen-bond acceptors (Lipinski definition) is 4. The summed E-state index contributed by atoms with van der Waals surface area (Å²) in [4.78, 5) is 11.8. The van der Waals surface area contributed by atoms with Crippen molar-refractivity contribution >= 4 is 24.0 Å². The lowest BCUT2D eigenvalue weighted by molar-refractivity contribution is -0.117. The molecular weight excluding hydrogens is 316 g/mol. The Bertz CT molecular complexity index is 632. The van der Waals surface area contributed by atoms with E-state index in [1.807, 2.05) is 24.3 Å². The summed E-state index contributed by atoms with van der Waals surface area (Å²) in [5.74, 6) is 2.04. The van der Waals surface area contributed by atoms with Crippen LogP contribution in [0.15, 0.2) is 48.5 Å². The molecule has 1 amide bonds. The minimum absolute atomic E-state index is 0. The van der Waals surface area contributed by atoms with E-state index < -0.39 is 0 Å². The number of amides is 1. The van der Waals surface area contributed by atoms with Gasteiger partial charge >= 0.3 is 0 Å². The van der Waals surface area contributed by atoms with Gasteiger partial charge in [0.1, 0.15) is 17.2 Å². The molecule has 1 atom stereocenters. The number of carbonyl (C=O) groups excluding carboxylic acids is 1. The molecule has 23 heavy (non-hydrogen) atoms. The monoisotopic (exact) mass is 336 g/mol. The van der Waals surface area contributed by atoms with Gasteiger partial charge in [0.25, 0.3) is 0 Å². The average Bonchev–Trinajstić information content (AvgIpc) is 2.56. The Hall–Kier alpha value is -2.24. The Labute approximate surface area is 142 Å². The Kier molecular flexibility index (Phi) is 7.38. The van der Waals surface area contributed by atoms with Crippen LogP contribution in [0, 0.1) is 0 Å². The van der Waals surface area contributed by atoms with E-state index in [1.165, 1.54) is 0 Å². The van der Waals surface area contributed by atoms with Gasteiger partial charge in [-0.3, -0.25) is 4.79 Å². The summed E-state index contributed by atoms with van der Waals surface area (Å²) < 4.78 is 10.9. The molecule has 2 aromatic carbocycles. The molecule has 0 aliphatic rings. The first kappa shape index (κ1) is 18.8. The van der Waals surface area contributed by atoms with Gasteiger partial charge < -0.3 is 20.1 Å². The Morgan fingerprint density at radius 1 is 1.04 bits per heavy atom. The summed E-state index contributed by atoms with van der Waals surface area (Å²) in [5, 5.41) is 5.72. The van der Waals surface area contributed by atoms with Crippen molar-refractivity contribution in [3.8, 4) is 17.2 Å². The largest absolute Gasteiger partial charge is 0.497 e. The number of methoxy groups -OCH3 is 1. The quantitative estimate of drug-likeness (QED) is 0.848. The molecule has 2 rings (SSSR count). The van der Waals surface area contributed by atoms with E-state index in [-0.39, 0.29) is 24.4 Å². The third kappa shape index (κ3) is 5.47. The maximum Gasteiger partial charge on any atom is 0.241 e. The number of nitrogens with one attached hydrogen (secondary N) is 2.